The van der Waals surface area contributed by atoms with Crippen LogP contribution in [0.4, 0.5) is 0 Å². The summed E-state index contributed by atoms with van der Waals surface area (Å²) in [6.07, 6.45) is 12.4. The lowest BCUT2D eigenvalue weighted by Gasteiger charge is -2.24. The number of thiol groups is 1. The summed E-state index contributed by atoms with van der Waals surface area (Å²) in [5.74, 6) is 2.72. The average Bonchev–Trinajstić information content (AvgIpc) is 2.43. The Bertz CT molecular complexity index is 192. The Morgan fingerprint density at radius 1 is 0.619 bits per heavy atom. The van der Waals surface area contributed by atoms with Crippen molar-refractivity contribution >= 4 is 12.6 Å². The summed E-state index contributed by atoms with van der Waals surface area (Å²) in [7, 11) is 0. The van der Waals surface area contributed by atoms with E-state index in [2.05, 4.69) is 45.2 Å². The molecule has 0 fully saturated rings. The normalized spacial score (nSPS) is 12.0. The van der Waals surface area contributed by atoms with Gasteiger partial charge in [-0.05, 0) is 62.9 Å². The van der Waals surface area contributed by atoms with Gasteiger partial charge < -0.3 is 4.90 Å². The topological polar surface area (TPSA) is 3.24 Å². The second kappa shape index (κ2) is 15.2. The van der Waals surface area contributed by atoms with E-state index >= 15 is 0 Å². The summed E-state index contributed by atoms with van der Waals surface area (Å²) in [6, 6.07) is 0. The lowest BCUT2D eigenvalue weighted by Crippen LogP contribution is -2.28. The SMILES string of the molecule is CC(C)CCN(CCCCCCCCCS)CCC(C)C. The van der Waals surface area contributed by atoms with Crippen molar-refractivity contribution in [3.05, 3.63) is 0 Å². The van der Waals surface area contributed by atoms with E-state index in [9.17, 15) is 0 Å². The Hall–Kier alpha value is 0.310. The second-order valence-electron chi connectivity index (χ2n) is 7.41. The zero-order valence-electron chi connectivity index (χ0n) is 15.2. The van der Waals surface area contributed by atoms with E-state index in [1.54, 1.807) is 0 Å². The highest BCUT2D eigenvalue weighted by atomic mass is 32.1. The first-order valence-electron chi connectivity index (χ1n) is 9.39. The van der Waals surface area contributed by atoms with E-state index in [1.165, 1.54) is 77.4 Å². The zero-order chi connectivity index (χ0) is 15.9. The fourth-order valence-corrected chi connectivity index (χ4v) is 2.77. The van der Waals surface area contributed by atoms with Crippen molar-refractivity contribution in [3.63, 3.8) is 0 Å². The van der Waals surface area contributed by atoms with Gasteiger partial charge in [0.25, 0.3) is 0 Å². The van der Waals surface area contributed by atoms with Crippen LogP contribution in [0.3, 0.4) is 0 Å². The first-order valence-corrected chi connectivity index (χ1v) is 10.0. The highest BCUT2D eigenvalue weighted by Gasteiger charge is 2.07. The fourth-order valence-electron chi connectivity index (χ4n) is 2.55. The minimum Gasteiger partial charge on any atom is -0.303 e. The maximum Gasteiger partial charge on any atom is -0.00163 e. The molecular formula is C19H41NS. The fraction of sp³-hybridized carbons (Fsp3) is 1.00. The van der Waals surface area contributed by atoms with Crippen LogP contribution in [-0.4, -0.2) is 30.3 Å². The molecule has 0 aliphatic carbocycles. The van der Waals surface area contributed by atoms with Gasteiger partial charge in [-0.25, -0.2) is 0 Å². The average molecular weight is 316 g/mol. The predicted molar refractivity (Wildman–Crippen MR) is 102 cm³/mol. The molecule has 0 heterocycles. The molecule has 21 heavy (non-hydrogen) atoms. The molecule has 0 saturated heterocycles. The molecular weight excluding hydrogens is 274 g/mol. The number of nitrogens with zero attached hydrogens (tertiary/aromatic N) is 1. The van der Waals surface area contributed by atoms with Crippen LogP contribution in [0.1, 0.15) is 85.5 Å². The zero-order valence-corrected chi connectivity index (χ0v) is 16.1. The quantitative estimate of drug-likeness (QED) is 0.285. The first-order chi connectivity index (χ1) is 10.1. The van der Waals surface area contributed by atoms with Gasteiger partial charge in [0.05, 0.1) is 0 Å². The summed E-state index contributed by atoms with van der Waals surface area (Å²) in [5.41, 5.74) is 0. The van der Waals surface area contributed by atoms with E-state index in [0.717, 1.165) is 17.6 Å². The Balaban J connectivity index is 3.64. The van der Waals surface area contributed by atoms with Crippen molar-refractivity contribution < 1.29 is 0 Å². The van der Waals surface area contributed by atoms with Crippen molar-refractivity contribution in [2.24, 2.45) is 11.8 Å². The number of unbranched alkanes of at least 4 members (excludes halogenated alkanes) is 6. The van der Waals surface area contributed by atoms with E-state index < -0.39 is 0 Å². The van der Waals surface area contributed by atoms with Crippen LogP contribution in [0.25, 0.3) is 0 Å². The monoisotopic (exact) mass is 315 g/mol. The number of rotatable bonds is 15. The molecule has 0 N–H and O–H groups in total. The molecule has 0 spiro atoms. The maximum absolute atomic E-state index is 4.26. The Labute approximate surface area is 140 Å². The van der Waals surface area contributed by atoms with E-state index in [0.29, 0.717) is 0 Å². The maximum atomic E-state index is 4.26. The van der Waals surface area contributed by atoms with E-state index in [1.807, 2.05) is 0 Å². The van der Waals surface area contributed by atoms with Crippen molar-refractivity contribution in [2.75, 3.05) is 25.4 Å². The van der Waals surface area contributed by atoms with Crippen LogP contribution in [0.2, 0.25) is 0 Å². The summed E-state index contributed by atoms with van der Waals surface area (Å²) in [6.45, 7) is 13.3. The lowest BCUT2D eigenvalue weighted by molar-refractivity contribution is 0.238. The second-order valence-corrected chi connectivity index (χ2v) is 7.85. The summed E-state index contributed by atoms with van der Waals surface area (Å²) < 4.78 is 0. The van der Waals surface area contributed by atoms with E-state index in [4.69, 9.17) is 0 Å². The summed E-state index contributed by atoms with van der Waals surface area (Å²) in [5, 5.41) is 0. The van der Waals surface area contributed by atoms with Gasteiger partial charge >= 0.3 is 0 Å². The summed E-state index contributed by atoms with van der Waals surface area (Å²) >= 11 is 4.26. The minimum atomic E-state index is 0.832. The van der Waals surface area contributed by atoms with Gasteiger partial charge in [-0.15, -0.1) is 0 Å². The van der Waals surface area contributed by atoms with Gasteiger partial charge in [0.15, 0.2) is 0 Å². The lowest BCUT2D eigenvalue weighted by atomic mass is 10.1. The Kier molecular flexibility index (Phi) is 15.4. The van der Waals surface area contributed by atoms with Crippen LogP contribution in [-0.2, 0) is 0 Å². The number of hydrogen-bond acceptors (Lipinski definition) is 2. The van der Waals surface area contributed by atoms with Crippen LogP contribution < -0.4 is 0 Å². The largest absolute Gasteiger partial charge is 0.303 e. The molecule has 0 unspecified atom stereocenters. The third-order valence-corrected chi connectivity index (χ3v) is 4.49. The van der Waals surface area contributed by atoms with Gasteiger partial charge in [0.1, 0.15) is 0 Å². The minimum absolute atomic E-state index is 0.832. The highest BCUT2D eigenvalue weighted by Crippen LogP contribution is 2.11. The smallest absolute Gasteiger partial charge is 0.00163 e. The van der Waals surface area contributed by atoms with Crippen LogP contribution in [0.15, 0.2) is 0 Å². The van der Waals surface area contributed by atoms with Crippen LogP contribution >= 0.6 is 12.6 Å². The molecule has 0 amide bonds. The molecule has 128 valence electrons. The third-order valence-electron chi connectivity index (χ3n) is 4.18. The molecule has 0 rings (SSSR count). The molecule has 0 aromatic rings. The molecule has 0 aromatic carbocycles. The van der Waals surface area contributed by atoms with Gasteiger partial charge in [0.2, 0.25) is 0 Å². The van der Waals surface area contributed by atoms with Gasteiger partial charge in [-0.2, -0.15) is 12.6 Å². The van der Waals surface area contributed by atoms with Gasteiger partial charge in [-0.1, -0.05) is 59.8 Å². The molecule has 0 atom stereocenters. The Morgan fingerprint density at radius 2 is 1.05 bits per heavy atom. The van der Waals surface area contributed by atoms with Crippen LogP contribution in [0, 0.1) is 11.8 Å². The molecule has 0 radical (unpaired) electrons. The van der Waals surface area contributed by atoms with Crippen molar-refractivity contribution in [1.29, 1.82) is 0 Å². The van der Waals surface area contributed by atoms with Crippen LogP contribution in [0.5, 0.6) is 0 Å². The van der Waals surface area contributed by atoms with Gasteiger partial charge in [-0.3, -0.25) is 0 Å². The Morgan fingerprint density at radius 3 is 1.48 bits per heavy atom. The molecule has 0 aromatic heterocycles. The number of hydrogen-bond donors (Lipinski definition) is 1. The van der Waals surface area contributed by atoms with Crippen molar-refractivity contribution in [1.82, 2.24) is 4.90 Å². The third kappa shape index (κ3) is 16.5. The highest BCUT2D eigenvalue weighted by molar-refractivity contribution is 7.80. The van der Waals surface area contributed by atoms with E-state index in [-0.39, 0.29) is 0 Å². The predicted octanol–water partition coefficient (Wildman–Crippen LogP) is 6.04. The first kappa shape index (κ1) is 21.3. The molecule has 0 aliphatic rings. The molecule has 0 aliphatic heterocycles. The standard InChI is InChI=1S/C19H41NS/c1-18(2)12-15-20(16-13-19(3)4)14-10-8-6-5-7-9-11-17-21/h18-19,21H,5-17H2,1-4H3. The summed E-state index contributed by atoms with van der Waals surface area (Å²) in [4.78, 5) is 2.71. The van der Waals surface area contributed by atoms with Crippen molar-refractivity contribution in [3.8, 4) is 0 Å². The molecule has 1 nitrogen and oxygen atoms in total. The van der Waals surface area contributed by atoms with Gasteiger partial charge in [0, 0.05) is 0 Å². The molecule has 0 bridgehead atoms. The van der Waals surface area contributed by atoms with Crippen molar-refractivity contribution in [2.45, 2.75) is 85.5 Å². The molecule has 0 saturated carbocycles. The molecule has 2 heteroatoms.